The Hall–Kier alpha value is -2.40. The van der Waals surface area contributed by atoms with E-state index in [4.69, 9.17) is 9.47 Å². The number of aromatic nitrogens is 2. The first-order valence-electron chi connectivity index (χ1n) is 9.63. The Morgan fingerprint density at radius 2 is 1.81 bits per heavy atom. The van der Waals surface area contributed by atoms with E-state index in [1.165, 1.54) is 29.6 Å². The van der Waals surface area contributed by atoms with Crippen molar-refractivity contribution in [3.05, 3.63) is 52.6 Å². The van der Waals surface area contributed by atoms with Crippen LogP contribution in [0.4, 0.5) is 0 Å². The smallest absolute Gasteiger partial charge is 0.161 e. The molecular formula is C22H24N2O2S. The molecule has 1 aromatic heterocycles. The average Bonchev–Trinajstić information content (AvgIpc) is 3.30. The molecule has 1 aromatic carbocycles. The molecule has 1 heterocycles. The first-order chi connectivity index (χ1) is 13.3. The second-order valence-electron chi connectivity index (χ2n) is 6.55. The van der Waals surface area contributed by atoms with Crippen LogP contribution in [0.5, 0.6) is 11.5 Å². The summed E-state index contributed by atoms with van der Waals surface area (Å²) >= 11 is 1.64. The Balaban J connectivity index is 1.69. The van der Waals surface area contributed by atoms with E-state index in [0.29, 0.717) is 13.2 Å². The summed E-state index contributed by atoms with van der Waals surface area (Å²) in [7, 11) is 0. The van der Waals surface area contributed by atoms with Crippen molar-refractivity contribution in [3.8, 4) is 22.1 Å². The number of hydrogen-bond donors (Lipinski definition) is 0. The predicted octanol–water partition coefficient (Wildman–Crippen LogP) is 5.83. The molecule has 0 unspecified atom stereocenters. The second-order valence-corrected chi connectivity index (χ2v) is 7.53. The highest BCUT2D eigenvalue weighted by Crippen LogP contribution is 2.41. The van der Waals surface area contributed by atoms with Gasteiger partial charge in [-0.2, -0.15) is 0 Å². The zero-order valence-corrected chi connectivity index (χ0v) is 16.6. The first-order valence-corrected chi connectivity index (χ1v) is 10.4. The fourth-order valence-electron chi connectivity index (χ4n) is 3.63. The normalized spacial score (nSPS) is 16.1. The molecule has 2 aliphatic rings. The van der Waals surface area contributed by atoms with Crippen molar-refractivity contribution in [2.45, 2.75) is 39.5 Å². The summed E-state index contributed by atoms with van der Waals surface area (Å²) in [6.07, 6.45) is 11.4. The third kappa shape index (κ3) is 3.69. The molecule has 0 radical (unpaired) electrons. The minimum atomic E-state index is 0.598. The van der Waals surface area contributed by atoms with Crippen molar-refractivity contribution >= 4 is 16.9 Å². The van der Waals surface area contributed by atoms with Gasteiger partial charge in [0.1, 0.15) is 10.0 Å². The third-order valence-corrected chi connectivity index (χ3v) is 5.82. The van der Waals surface area contributed by atoms with Crippen LogP contribution < -0.4 is 9.47 Å². The summed E-state index contributed by atoms with van der Waals surface area (Å²) in [5.74, 6) is 1.52. The Labute approximate surface area is 164 Å². The summed E-state index contributed by atoms with van der Waals surface area (Å²) in [5, 5.41) is 10.9. The molecule has 4 rings (SSSR count). The highest BCUT2D eigenvalue weighted by atomic mass is 32.1. The number of fused-ring (bicyclic) bond motifs is 1. The quantitative estimate of drug-likeness (QED) is 0.633. The van der Waals surface area contributed by atoms with Gasteiger partial charge in [-0.3, -0.25) is 0 Å². The summed E-state index contributed by atoms with van der Waals surface area (Å²) in [6, 6.07) is 5.98. The lowest BCUT2D eigenvalue weighted by Gasteiger charge is -2.11. The molecule has 0 atom stereocenters. The Morgan fingerprint density at radius 3 is 2.67 bits per heavy atom. The summed E-state index contributed by atoms with van der Waals surface area (Å²) in [5.41, 5.74) is 5.20. The van der Waals surface area contributed by atoms with E-state index < -0.39 is 0 Å². The molecule has 5 heteroatoms. The van der Waals surface area contributed by atoms with E-state index >= 15 is 0 Å². The highest BCUT2D eigenvalue weighted by Gasteiger charge is 2.21. The summed E-state index contributed by atoms with van der Waals surface area (Å²) in [4.78, 5) is 0. The van der Waals surface area contributed by atoms with E-state index in [2.05, 4.69) is 28.4 Å². The minimum absolute atomic E-state index is 0.598. The van der Waals surface area contributed by atoms with Crippen LogP contribution in [0.3, 0.4) is 0 Å². The van der Waals surface area contributed by atoms with Gasteiger partial charge in [0.25, 0.3) is 0 Å². The zero-order chi connectivity index (χ0) is 18.6. The number of hydrogen-bond acceptors (Lipinski definition) is 5. The van der Waals surface area contributed by atoms with Gasteiger partial charge in [-0.1, -0.05) is 29.6 Å². The number of rotatable bonds is 6. The molecule has 0 amide bonds. The molecule has 2 aliphatic carbocycles. The third-order valence-electron chi connectivity index (χ3n) is 4.82. The van der Waals surface area contributed by atoms with Gasteiger partial charge in [-0.15, -0.1) is 10.2 Å². The largest absolute Gasteiger partial charge is 0.490 e. The van der Waals surface area contributed by atoms with Crippen LogP contribution in [-0.4, -0.2) is 23.4 Å². The SMILES string of the molecule is CCOc1ccc(-c2nnc(C3=C4CCCC4=CCC=C3)s2)cc1OCC. The van der Waals surface area contributed by atoms with Crippen molar-refractivity contribution < 1.29 is 9.47 Å². The van der Waals surface area contributed by atoms with E-state index in [-0.39, 0.29) is 0 Å². The lowest BCUT2D eigenvalue weighted by Crippen LogP contribution is -1.98. The predicted molar refractivity (Wildman–Crippen MR) is 110 cm³/mol. The average molecular weight is 381 g/mol. The van der Waals surface area contributed by atoms with Crippen LogP contribution in [0, 0.1) is 0 Å². The molecule has 4 nitrogen and oxygen atoms in total. The van der Waals surface area contributed by atoms with Crippen LogP contribution >= 0.6 is 11.3 Å². The van der Waals surface area contributed by atoms with Gasteiger partial charge in [0.15, 0.2) is 11.5 Å². The molecule has 0 aliphatic heterocycles. The fraction of sp³-hybridized carbons (Fsp3) is 0.364. The molecule has 1 fully saturated rings. The molecule has 0 saturated heterocycles. The maximum atomic E-state index is 5.75. The first kappa shape index (κ1) is 18.0. The van der Waals surface area contributed by atoms with Crippen LogP contribution in [0.2, 0.25) is 0 Å². The number of allylic oxidation sites excluding steroid dienone is 6. The van der Waals surface area contributed by atoms with Crippen LogP contribution in [0.1, 0.15) is 44.5 Å². The molecule has 1 saturated carbocycles. The minimum Gasteiger partial charge on any atom is -0.490 e. The van der Waals surface area contributed by atoms with Gasteiger partial charge < -0.3 is 9.47 Å². The van der Waals surface area contributed by atoms with Crippen LogP contribution in [0.25, 0.3) is 16.1 Å². The lowest BCUT2D eigenvalue weighted by molar-refractivity contribution is 0.288. The monoisotopic (exact) mass is 380 g/mol. The van der Waals surface area contributed by atoms with Gasteiger partial charge in [0.05, 0.1) is 13.2 Å². The second kappa shape index (κ2) is 8.09. The summed E-state index contributed by atoms with van der Waals surface area (Å²) in [6.45, 7) is 5.16. The number of nitrogens with zero attached hydrogens (tertiary/aromatic N) is 2. The Bertz CT molecular complexity index is 924. The van der Waals surface area contributed by atoms with E-state index in [1.54, 1.807) is 11.3 Å². The van der Waals surface area contributed by atoms with Crippen molar-refractivity contribution in [1.82, 2.24) is 10.2 Å². The standard InChI is InChI=1S/C22H24N2O2S/c1-3-25-19-13-12-16(14-20(19)26-4-2)21-23-24-22(27-21)18-10-6-5-8-15-9-7-11-17(15)18/h6,8,10,12-14H,3-5,7,9,11H2,1-2H3. The van der Waals surface area contributed by atoms with Crippen molar-refractivity contribution in [2.24, 2.45) is 0 Å². The molecule has 27 heavy (non-hydrogen) atoms. The molecular weight excluding hydrogens is 356 g/mol. The fourth-order valence-corrected chi connectivity index (χ4v) is 4.52. The topological polar surface area (TPSA) is 44.2 Å². The highest BCUT2D eigenvalue weighted by molar-refractivity contribution is 7.15. The number of benzene rings is 1. The van der Waals surface area contributed by atoms with E-state index in [1.807, 2.05) is 32.0 Å². The molecule has 2 aromatic rings. The molecule has 140 valence electrons. The van der Waals surface area contributed by atoms with Gasteiger partial charge >= 0.3 is 0 Å². The Kier molecular flexibility index (Phi) is 5.39. The van der Waals surface area contributed by atoms with Gasteiger partial charge in [-0.25, -0.2) is 0 Å². The molecule has 0 N–H and O–H groups in total. The zero-order valence-electron chi connectivity index (χ0n) is 15.8. The van der Waals surface area contributed by atoms with Crippen LogP contribution in [0.15, 0.2) is 47.6 Å². The lowest BCUT2D eigenvalue weighted by atomic mass is 10.0. The maximum absolute atomic E-state index is 5.75. The van der Waals surface area contributed by atoms with Crippen LogP contribution in [-0.2, 0) is 0 Å². The Morgan fingerprint density at radius 1 is 1.00 bits per heavy atom. The van der Waals surface area contributed by atoms with Gasteiger partial charge in [0.2, 0.25) is 0 Å². The maximum Gasteiger partial charge on any atom is 0.161 e. The van der Waals surface area contributed by atoms with Crippen molar-refractivity contribution in [2.75, 3.05) is 13.2 Å². The van der Waals surface area contributed by atoms with Gasteiger partial charge in [-0.05, 0) is 68.9 Å². The van der Waals surface area contributed by atoms with Crippen molar-refractivity contribution in [1.29, 1.82) is 0 Å². The summed E-state index contributed by atoms with van der Waals surface area (Å²) < 4.78 is 11.4. The number of ether oxygens (including phenoxy) is 2. The van der Waals surface area contributed by atoms with E-state index in [9.17, 15) is 0 Å². The molecule has 0 spiro atoms. The van der Waals surface area contributed by atoms with E-state index in [0.717, 1.165) is 39.9 Å². The molecule has 0 bridgehead atoms. The van der Waals surface area contributed by atoms with Crippen molar-refractivity contribution in [3.63, 3.8) is 0 Å². The van der Waals surface area contributed by atoms with Gasteiger partial charge in [0, 0.05) is 11.1 Å².